The van der Waals surface area contributed by atoms with Crippen molar-refractivity contribution in [2.24, 2.45) is 5.73 Å². The Morgan fingerprint density at radius 2 is 2.09 bits per heavy atom. The molecule has 2 unspecified atom stereocenters. The summed E-state index contributed by atoms with van der Waals surface area (Å²) >= 11 is 0. The van der Waals surface area contributed by atoms with Gasteiger partial charge in [-0.05, 0) is 19.1 Å². The van der Waals surface area contributed by atoms with Gasteiger partial charge in [0, 0.05) is 0 Å². The predicted octanol–water partition coefficient (Wildman–Crippen LogP) is 0.899. The number of amides is 1. The molecule has 1 aromatic carbocycles. The van der Waals surface area contributed by atoms with Crippen LogP contribution in [0.4, 0.5) is 0 Å². The minimum Gasteiger partial charge on any atom is -0.493 e. The highest BCUT2D eigenvalue weighted by molar-refractivity contribution is 7.52. The number of para-hydroxylation sites is 1. The number of methoxy groups -OCH3 is 1. The molecule has 178 valence electrons. The highest BCUT2D eigenvalue weighted by atomic mass is 31.2. The van der Waals surface area contributed by atoms with Gasteiger partial charge in [0.15, 0.2) is 11.5 Å². The maximum absolute atomic E-state index is 13.3. The molecule has 1 amide bonds. The summed E-state index contributed by atoms with van der Waals surface area (Å²) in [6.07, 6.45) is -1.22. The Hall–Kier alpha value is -3.25. The normalized spacial score (nSPS) is 20.7. The molecule has 1 aliphatic heterocycles. The van der Waals surface area contributed by atoms with E-state index in [1.165, 1.54) is 26.2 Å². The summed E-state index contributed by atoms with van der Waals surface area (Å²) in [5.41, 5.74) is 4.76. The van der Waals surface area contributed by atoms with Crippen molar-refractivity contribution in [1.29, 1.82) is 0 Å². The van der Waals surface area contributed by atoms with Crippen molar-refractivity contribution >= 4 is 25.4 Å². The van der Waals surface area contributed by atoms with Gasteiger partial charge in [-0.25, -0.2) is 9.55 Å². The van der Waals surface area contributed by atoms with Crippen LogP contribution in [0.1, 0.15) is 30.1 Å². The zero-order valence-corrected chi connectivity index (χ0v) is 18.6. The Labute approximate surface area is 188 Å². The van der Waals surface area contributed by atoms with Gasteiger partial charge >= 0.3 is 13.7 Å². The summed E-state index contributed by atoms with van der Waals surface area (Å²) in [5, 5.41) is 12.6. The first-order chi connectivity index (χ1) is 15.6. The summed E-state index contributed by atoms with van der Waals surface area (Å²) in [5.74, 6) is -2.41. The molecule has 33 heavy (non-hydrogen) atoms. The lowest BCUT2D eigenvalue weighted by Crippen LogP contribution is -2.35. The summed E-state index contributed by atoms with van der Waals surface area (Å²) in [4.78, 5) is 39.2. The first-order valence-corrected chi connectivity index (χ1v) is 11.3. The molecule has 0 saturated carbocycles. The Balaban J connectivity index is 1.71. The van der Waals surface area contributed by atoms with Crippen LogP contribution in [-0.2, 0) is 28.2 Å². The van der Waals surface area contributed by atoms with Crippen LogP contribution in [0.25, 0.3) is 0 Å². The molecular weight excluding hydrogens is 459 g/mol. The molecule has 1 fully saturated rings. The van der Waals surface area contributed by atoms with Gasteiger partial charge in [0.1, 0.15) is 30.5 Å². The number of nitrogens with zero attached hydrogens (tertiary/aromatic N) is 2. The topological polar surface area (TPSA) is 181 Å². The molecule has 14 heteroatoms. The number of rotatable bonds is 10. The third-order valence-electron chi connectivity index (χ3n) is 4.64. The number of Topliss-reactive ketones (excluding diaryl/α,β-unsaturated/α-hetero) is 1. The van der Waals surface area contributed by atoms with Gasteiger partial charge in [-0.2, -0.15) is 5.09 Å². The van der Waals surface area contributed by atoms with Gasteiger partial charge in [0.2, 0.25) is 5.88 Å². The molecule has 1 aromatic heterocycles. The van der Waals surface area contributed by atoms with Gasteiger partial charge in [-0.15, -0.1) is 0 Å². The van der Waals surface area contributed by atoms with E-state index < -0.39 is 56.3 Å². The molecule has 1 saturated heterocycles. The zero-order chi connectivity index (χ0) is 24.2. The predicted molar refractivity (Wildman–Crippen MR) is 111 cm³/mol. The number of ether oxygens (including phenoxy) is 2. The van der Waals surface area contributed by atoms with Crippen molar-refractivity contribution < 1.29 is 42.6 Å². The van der Waals surface area contributed by atoms with E-state index in [1.54, 1.807) is 18.2 Å². The van der Waals surface area contributed by atoms with Gasteiger partial charge in [0.05, 0.1) is 20.1 Å². The molecule has 2 aromatic rings. The number of imidazole rings is 1. The first kappa shape index (κ1) is 24.4. The number of nitrogens with one attached hydrogen (secondary N) is 1. The second-order valence-corrected chi connectivity index (χ2v) is 8.70. The molecule has 4 atom stereocenters. The van der Waals surface area contributed by atoms with Crippen LogP contribution in [0.15, 0.2) is 36.7 Å². The van der Waals surface area contributed by atoms with Crippen molar-refractivity contribution in [3.63, 3.8) is 0 Å². The largest absolute Gasteiger partial charge is 0.493 e. The molecule has 0 spiro atoms. The smallest absolute Gasteiger partial charge is 0.459 e. The highest BCUT2D eigenvalue weighted by Gasteiger charge is 2.40. The van der Waals surface area contributed by atoms with Crippen LogP contribution >= 0.6 is 7.75 Å². The monoisotopic (exact) mass is 482 g/mol. The third-order valence-corrected chi connectivity index (χ3v) is 6.28. The number of carbonyl (C=O) groups excluding carboxylic acids is 3. The van der Waals surface area contributed by atoms with Crippen molar-refractivity contribution in [2.45, 2.75) is 31.7 Å². The summed E-state index contributed by atoms with van der Waals surface area (Å²) in [6.45, 7) is 0.917. The molecule has 4 N–H and O–H groups in total. The molecule has 2 heterocycles. The molecule has 0 radical (unpaired) electrons. The molecular formula is C19H23N4O9P. The van der Waals surface area contributed by atoms with E-state index in [9.17, 15) is 24.1 Å². The third kappa shape index (κ3) is 5.76. The fourth-order valence-electron chi connectivity index (χ4n) is 3.00. The van der Waals surface area contributed by atoms with E-state index in [1.807, 2.05) is 0 Å². The number of esters is 1. The number of aromatic hydroxyl groups is 1. The van der Waals surface area contributed by atoms with Crippen LogP contribution in [0.2, 0.25) is 0 Å². The van der Waals surface area contributed by atoms with Crippen LogP contribution in [0, 0.1) is 0 Å². The number of primary amides is 1. The fraction of sp³-hybridized carbons (Fsp3) is 0.368. The lowest BCUT2D eigenvalue weighted by molar-refractivity contribution is -0.142. The number of ketones is 1. The van der Waals surface area contributed by atoms with Crippen LogP contribution < -0.4 is 15.3 Å². The minimum absolute atomic E-state index is 0.175. The molecule has 0 bridgehead atoms. The molecule has 1 aliphatic rings. The molecule has 0 aliphatic carbocycles. The Morgan fingerprint density at radius 1 is 1.39 bits per heavy atom. The van der Waals surface area contributed by atoms with Gasteiger partial charge in [-0.3, -0.25) is 23.5 Å². The van der Waals surface area contributed by atoms with Crippen molar-refractivity contribution in [3.05, 3.63) is 42.4 Å². The van der Waals surface area contributed by atoms with Crippen molar-refractivity contribution in [3.8, 4) is 11.6 Å². The maximum Gasteiger partial charge on any atom is 0.459 e. The lowest BCUT2D eigenvalue weighted by atomic mass is 10.2. The average molecular weight is 482 g/mol. The second kappa shape index (κ2) is 10.1. The number of carbonyl (C=O) groups is 3. The van der Waals surface area contributed by atoms with Gasteiger partial charge in [-0.1, -0.05) is 18.2 Å². The maximum atomic E-state index is 13.3. The lowest BCUT2D eigenvalue weighted by Gasteiger charge is -2.23. The van der Waals surface area contributed by atoms with E-state index in [4.69, 9.17) is 19.5 Å². The Morgan fingerprint density at radius 3 is 2.70 bits per heavy atom. The Kier molecular flexibility index (Phi) is 7.49. The van der Waals surface area contributed by atoms with Crippen LogP contribution in [0.5, 0.6) is 11.6 Å². The summed E-state index contributed by atoms with van der Waals surface area (Å²) in [7, 11) is -3.00. The second-order valence-electron chi connectivity index (χ2n) is 7.01. The number of hydrogen-bond donors (Lipinski definition) is 3. The number of aromatic nitrogens is 2. The zero-order valence-electron chi connectivity index (χ0n) is 17.7. The summed E-state index contributed by atoms with van der Waals surface area (Å²) < 4.78 is 35.5. The quantitative estimate of drug-likeness (QED) is 0.323. The van der Waals surface area contributed by atoms with E-state index in [-0.39, 0.29) is 17.9 Å². The molecule has 3 rings (SSSR count). The Bertz CT molecular complexity index is 1070. The number of hydrogen-bond acceptors (Lipinski definition) is 10. The molecule has 13 nitrogen and oxygen atoms in total. The van der Waals surface area contributed by atoms with Crippen LogP contribution in [0.3, 0.4) is 0 Å². The van der Waals surface area contributed by atoms with Crippen LogP contribution in [-0.4, -0.2) is 58.2 Å². The fourth-order valence-corrected chi connectivity index (χ4v) is 4.49. The van der Waals surface area contributed by atoms with Crippen molar-refractivity contribution in [2.75, 3.05) is 13.7 Å². The SMILES string of the molecule is COC(=O)C(C)NP(=O)(OC[C@H]1O[C@@H](n2cnc(C(N)=O)c2O)CC1=O)Oc1ccccc1. The number of benzene rings is 1. The number of nitrogens with two attached hydrogens (primary N) is 1. The van der Waals surface area contributed by atoms with E-state index in [2.05, 4.69) is 14.8 Å². The van der Waals surface area contributed by atoms with Gasteiger partial charge < -0.3 is 24.8 Å². The average Bonchev–Trinajstić information content (AvgIpc) is 3.34. The first-order valence-electron chi connectivity index (χ1n) is 9.72. The van der Waals surface area contributed by atoms with Crippen molar-refractivity contribution in [1.82, 2.24) is 14.6 Å². The highest BCUT2D eigenvalue weighted by Crippen LogP contribution is 2.45. The van der Waals surface area contributed by atoms with Gasteiger partial charge in [0.25, 0.3) is 5.91 Å². The van der Waals surface area contributed by atoms with E-state index in [0.29, 0.717) is 0 Å². The van der Waals surface area contributed by atoms with E-state index in [0.717, 1.165) is 10.9 Å². The standard InChI is InChI=1S/C19H23N4O9P/c1-11(19(27)29-2)22-33(28,32-12-6-4-3-5-7-12)30-9-14-13(24)8-15(31-14)23-10-21-16(17(20)25)18(23)26/h3-7,10-11,14-15,26H,8-9H2,1-2H3,(H2,20,25)(H,22,28)/t11?,14-,15-,33?/m1/s1. The minimum atomic E-state index is -4.17. The van der Waals surface area contributed by atoms with E-state index >= 15 is 0 Å². The summed E-state index contributed by atoms with van der Waals surface area (Å²) in [6, 6.07) is 7.04.